The SMILES string of the molecule is CCC(C)CSCCNC1CCCC1. The van der Waals surface area contributed by atoms with Gasteiger partial charge in [-0.25, -0.2) is 0 Å². The quantitative estimate of drug-likeness (QED) is 0.654. The standard InChI is InChI=1S/C12H25NS/c1-3-11(2)10-14-9-8-13-12-6-4-5-7-12/h11-13H,3-10H2,1-2H3. The van der Waals surface area contributed by atoms with Crippen LogP contribution in [0.3, 0.4) is 0 Å². The van der Waals surface area contributed by atoms with Crippen LogP contribution in [0.25, 0.3) is 0 Å². The Bertz CT molecular complexity index is 132. The molecule has 0 aromatic carbocycles. The van der Waals surface area contributed by atoms with E-state index in [-0.39, 0.29) is 0 Å². The normalized spacial score (nSPS) is 20.1. The van der Waals surface area contributed by atoms with E-state index < -0.39 is 0 Å². The lowest BCUT2D eigenvalue weighted by Gasteiger charge is -2.12. The summed E-state index contributed by atoms with van der Waals surface area (Å²) in [5, 5.41) is 3.65. The van der Waals surface area contributed by atoms with Crippen molar-refractivity contribution >= 4 is 11.8 Å². The zero-order valence-corrected chi connectivity index (χ0v) is 10.5. The maximum absolute atomic E-state index is 3.65. The highest BCUT2D eigenvalue weighted by Gasteiger charge is 2.13. The summed E-state index contributed by atoms with van der Waals surface area (Å²) in [5.41, 5.74) is 0. The van der Waals surface area contributed by atoms with Gasteiger partial charge in [0, 0.05) is 18.3 Å². The van der Waals surface area contributed by atoms with Crippen LogP contribution in [-0.2, 0) is 0 Å². The predicted molar refractivity (Wildman–Crippen MR) is 67.0 cm³/mol. The first-order valence-electron chi connectivity index (χ1n) is 6.14. The highest BCUT2D eigenvalue weighted by atomic mass is 32.2. The van der Waals surface area contributed by atoms with Crippen molar-refractivity contribution < 1.29 is 0 Å². The molecule has 0 spiro atoms. The van der Waals surface area contributed by atoms with Gasteiger partial charge in [0.15, 0.2) is 0 Å². The van der Waals surface area contributed by atoms with Gasteiger partial charge in [-0.15, -0.1) is 0 Å². The van der Waals surface area contributed by atoms with Crippen LogP contribution in [0.1, 0.15) is 46.0 Å². The Morgan fingerprint density at radius 1 is 1.36 bits per heavy atom. The monoisotopic (exact) mass is 215 g/mol. The Kier molecular flexibility index (Phi) is 6.70. The van der Waals surface area contributed by atoms with Crippen molar-refractivity contribution in [3.05, 3.63) is 0 Å². The number of rotatable bonds is 7. The van der Waals surface area contributed by atoms with Crippen molar-refractivity contribution in [3.63, 3.8) is 0 Å². The van der Waals surface area contributed by atoms with Gasteiger partial charge in [0.05, 0.1) is 0 Å². The molecule has 0 aliphatic heterocycles. The average molecular weight is 215 g/mol. The summed E-state index contributed by atoms with van der Waals surface area (Å²) < 4.78 is 0. The third-order valence-electron chi connectivity index (χ3n) is 3.13. The van der Waals surface area contributed by atoms with E-state index in [1.54, 1.807) is 0 Å². The van der Waals surface area contributed by atoms with Crippen LogP contribution in [0.2, 0.25) is 0 Å². The Morgan fingerprint density at radius 3 is 2.71 bits per heavy atom. The van der Waals surface area contributed by atoms with E-state index in [4.69, 9.17) is 0 Å². The smallest absolute Gasteiger partial charge is 0.00673 e. The molecular formula is C12H25NS. The van der Waals surface area contributed by atoms with E-state index in [1.165, 1.54) is 50.2 Å². The summed E-state index contributed by atoms with van der Waals surface area (Å²) in [6.07, 6.45) is 7.03. The summed E-state index contributed by atoms with van der Waals surface area (Å²) >= 11 is 2.11. The van der Waals surface area contributed by atoms with E-state index in [1.807, 2.05) is 0 Å². The minimum absolute atomic E-state index is 0.846. The molecule has 1 fully saturated rings. The van der Waals surface area contributed by atoms with Gasteiger partial charge < -0.3 is 5.32 Å². The first-order valence-corrected chi connectivity index (χ1v) is 7.29. The molecule has 14 heavy (non-hydrogen) atoms. The van der Waals surface area contributed by atoms with E-state index >= 15 is 0 Å². The lowest BCUT2D eigenvalue weighted by atomic mass is 10.2. The molecule has 0 heterocycles. The molecule has 0 bridgehead atoms. The summed E-state index contributed by atoms with van der Waals surface area (Å²) in [4.78, 5) is 0. The molecule has 0 aromatic rings. The Balaban J connectivity index is 1.84. The number of thioether (sulfide) groups is 1. The molecule has 0 saturated heterocycles. The Labute approximate surface area is 93.4 Å². The molecule has 0 aromatic heterocycles. The maximum atomic E-state index is 3.65. The molecule has 1 unspecified atom stereocenters. The highest BCUT2D eigenvalue weighted by molar-refractivity contribution is 7.99. The maximum Gasteiger partial charge on any atom is 0.00673 e. The van der Waals surface area contributed by atoms with Gasteiger partial charge in [0.2, 0.25) is 0 Å². The van der Waals surface area contributed by atoms with Crippen molar-refractivity contribution in [1.82, 2.24) is 5.32 Å². The first-order chi connectivity index (χ1) is 6.83. The van der Waals surface area contributed by atoms with Crippen molar-refractivity contribution in [2.24, 2.45) is 5.92 Å². The lowest BCUT2D eigenvalue weighted by molar-refractivity contribution is 0.544. The second kappa shape index (κ2) is 7.58. The van der Waals surface area contributed by atoms with Crippen molar-refractivity contribution in [2.45, 2.75) is 52.0 Å². The summed E-state index contributed by atoms with van der Waals surface area (Å²) in [6, 6.07) is 0.846. The van der Waals surface area contributed by atoms with Crippen molar-refractivity contribution in [3.8, 4) is 0 Å². The third-order valence-corrected chi connectivity index (χ3v) is 4.43. The van der Waals surface area contributed by atoms with Crippen LogP contribution >= 0.6 is 11.8 Å². The van der Waals surface area contributed by atoms with E-state index in [2.05, 4.69) is 30.9 Å². The molecule has 2 heteroatoms. The average Bonchev–Trinajstić information content (AvgIpc) is 2.69. The molecule has 1 nitrogen and oxygen atoms in total. The molecule has 1 rings (SSSR count). The predicted octanol–water partition coefficient (Wildman–Crippen LogP) is 3.30. The molecule has 1 saturated carbocycles. The molecule has 1 aliphatic carbocycles. The Hall–Kier alpha value is 0.310. The fourth-order valence-electron chi connectivity index (χ4n) is 1.87. The number of nitrogens with one attached hydrogen (secondary N) is 1. The van der Waals surface area contributed by atoms with Crippen LogP contribution in [-0.4, -0.2) is 24.1 Å². The molecule has 0 radical (unpaired) electrons. The van der Waals surface area contributed by atoms with Crippen LogP contribution in [0, 0.1) is 5.92 Å². The fraction of sp³-hybridized carbons (Fsp3) is 1.00. The first kappa shape index (κ1) is 12.4. The molecule has 1 atom stereocenters. The van der Waals surface area contributed by atoms with Gasteiger partial charge in [-0.3, -0.25) is 0 Å². The van der Waals surface area contributed by atoms with Gasteiger partial charge in [-0.2, -0.15) is 11.8 Å². The van der Waals surface area contributed by atoms with Crippen LogP contribution < -0.4 is 5.32 Å². The van der Waals surface area contributed by atoms with E-state index in [0.29, 0.717) is 0 Å². The van der Waals surface area contributed by atoms with Gasteiger partial charge in [-0.05, 0) is 24.5 Å². The van der Waals surface area contributed by atoms with Gasteiger partial charge in [-0.1, -0.05) is 33.1 Å². The molecule has 84 valence electrons. The molecule has 1 N–H and O–H groups in total. The number of hydrogen-bond donors (Lipinski definition) is 1. The highest BCUT2D eigenvalue weighted by Crippen LogP contribution is 2.17. The summed E-state index contributed by atoms with van der Waals surface area (Å²) in [6.45, 7) is 5.84. The van der Waals surface area contributed by atoms with Gasteiger partial charge in [0.25, 0.3) is 0 Å². The summed E-state index contributed by atoms with van der Waals surface area (Å²) in [7, 11) is 0. The zero-order valence-electron chi connectivity index (χ0n) is 9.72. The van der Waals surface area contributed by atoms with Gasteiger partial charge in [0.1, 0.15) is 0 Å². The van der Waals surface area contributed by atoms with Crippen molar-refractivity contribution in [2.75, 3.05) is 18.1 Å². The minimum Gasteiger partial charge on any atom is -0.313 e. The van der Waals surface area contributed by atoms with Crippen LogP contribution in [0.15, 0.2) is 0 Å². The van der Waals surface area contributed by atoms with E-state index in [0.717, 1.165) is 12.0 Å². The third kappa shape index (κ3) is 5.26. The Morgan fingerprint density at radius 2 is 2.07 bits per heavy atom. The topological polar surface area (TPSA) is 12.0 Å². The fourth-order valence-corrected chi connectivity index (χ4v) is 2.93. The molecule has 0 amide bonds. The summed E-state index contributed by atoms with van der Waals surface area (Å²) in [5.74, 6) is 3.52. The second-order valence-electron chi connectivity index (χ2n) is 4.52. The zero-order chi connectivity index (χ0) is 10.2. The second-order valence-corrected chi connectivity index (χ2v) is 5.67. The van der Waals surface area contributed by atoms with Crippen molar-refractivity contribution in [1.29, 1.82) is 0 Å². The largest absolute Gasteiger partial charge is 0.313 e. The molecule has 1 aliphatic rings. The van der Waals surface area contributed by atoms with E-state index in [9.17, 15) is 0 Å². The number of hydrogen-bond acceptors (Lipinski definition) is 2. The lowest BCUT2D eigenvalue weighted by Crippen LogP contribution is -2.28. The van der Waals surface area contributed by atoms with Crippen LogP contribution in [0.5, 0.6) is 0 Å². The minimum atomic E-state index is 0.846. The van der Waals surface area contributed by atoms with Crippen LogP contribution in [0.4, 0.5) is 0 Å². The molecular weight excluding hydrogens is 190 g/mol. The van der Waals surface area contributed by atoms with Gasteiger partial charge >= 0.3 is 0 Å².